The van der Waals surface area contributed by atoms with E-state index in [0.29, 0.717) is 0 Å². The summed E-state index contributed by atoms with van der Waals surface area (Å²) in [5.41, 5.74) is 0. The maximum atomic E-state index is 8.93. The van der Waals surface area contributed by atoms with Crippen LogP contribution in [0.1, 0.15) is 0 Å². The van der Waals surface area contributed by atoms with Crippen molar-refractivity contribution in [3.8, 4) is 0 Å². The van der Waals surface area contributed by atoms with E-state index in [1.165, 1.54) is 0 Å². The molecular weight excluding hydrogens is 204 g/mol. The number of hydrogen-bond donors (Lipinski definition) is 1. The molecule has 1 N–H and O–H groups in total. The summed E-state index contributed by atoms with van der Waals surface area (Å²) in [5, 5.41) is 0. The molecule has 5 heavy (non-hydrogen) atoms. The first kappa shape index (κ1) is 9.42. The summed E-state index contributed by atoms with van der Waals surface area (Å²) in [6, 6.07) is 0. The van der Waals surface area contributed by atoms with Gasteiger partial charge in [0.15, 0.2) is 0 Å². The van der Waals surface area contributed by atoms with Crippen LogP contribution in [0.3, 0.4) is 0 Å². The van der Waals surface area contributed by atoms with E-state index in [1.807, 2.05) is 0 Å². The average Bonchev–Trinajstić information content (AvgIpc) is 0.811. The van der Waals surface area contributed by atoms with Crippen LogP contribution in [-0.4, -0.2) is 4.55 Å². The largest absolute Gasteiger partial charge is 1.00 e. The van der Waals surface area contributed by atoms with Gasteiger partial charge in [-0.1, -0.05) is 9.64 Å². The fourth-order valence-electron chi connectivity index (χ4n) is 0. The van der Waals surface area contributed by atoms with Crippen LogP contribution in [-0.2, 0) is 47.4 Å². The van der Waals surface area contributed by atoms with Gasteiger partial charge in [-0.05, 0) is 0 Å². The van der Waals surface area contributed by atoms with E-state index in [9.17, 15) is 0 Å². The normalized spacial score (nSPS) is 6.80. The van der Waals surface area contributed by atoms with Gasteiger partial charge >= 0.3 is 22.4 Å². The molecular formula is HAgO2S2. The van der Waals surface area contributed by atoms with Crippen LogP contribution < -0.4 is 0 Å². The summed E-state index contributed by atoms with van der Waals surface area (Å²) in [5.74, 6) is 0. The van der Waals surface area contributed by atoms with E-state index in [4.69, 9.17) is 8.76 Å². The molecule has 0 saturated heterocycles. The molecule has 36 valence electrons. The Morgan fingerprint density at radius 2 is 1.80 bits per heavy atom. The van der Waals surface area contributed by atoms with Gasteiger partial charge < -0.3 is 8.76 Å². The fourth-order valence-corrected chi connectivity index (χ4v) is 0. The Kier molecular flexibility index (Phi) is 9.55. The Morgan fingerprint density at radius 1 is 1.80 bits per heavy atom. The summed E-state index contributed by atoms with van der Waals surface area (Å²) in [4.78, 5) is 0. The van der Waals surface area contributed by atoms with Crippen LogP contribution in [0.15, 0.2) is 0 Å². The molecule has 0 spiro atoms. The third-order valence-electron chi connectivity index (χ3n) is 0. The van der Waals surface area contributed by atoms with Crippen LogP contribution >= 0.6 is 0 Å². The molecule has 0 atom stereocenters. The Labute approximate surface area is 52.0 Å². The van der Waals surface area contributed by atoms with Crippen LogP contribution in [0.4, 0.5) is 0 Å². The minimum Gasteiger partial charge on any atom is -0.459 e. The summed E-state index contributed by atoms with van der Waals surface area (Å²) >= 11 is 3.65. The van der Waals surface area contributed by atoms with Crippen molar-refractivity contribution in [3.05, 3.63) is 0 Å². The van der Waals surface area contributed by atoms with Crippen LogP contribution in [0.5, 0.6) is 0 Å². The number of hydrogen-bond acceptors (Lipinski definition) is 3. The van der Waals surface area contributed by atoms with Crippen molar-refractivity contribution in [2.24, 2.45) is 0 Å². The van der Waals surface area contributed by atoms with Crippen molar-refractivity contribution in [1.29, 1.82) is 0 Å². The Morgan fingerprint density at radius 3 is 1.80 bits per heavy atom. The van der Waals surface area contributed by atoms with Crippen molar-refractivity contribution < 1.29 is 31.1 Å². The Balaban J connectivity index is 0. The van der Waals surface area contributed by atoms with Crippen molar-refractivity contribution in [3.63, 3.8) is 0 Å². The molecule has 0 amide bonds. The molecule has 0 saturated carbocycles. The molecule has 0 aliphatic carbocycles. The van der Waals surface area contributed by atoms with Crippen LogP contribution in [0.25, 0.3) is 0 Å². The van der Waals surface area contributed by atoms with Gasteiger partial charge in [-0.3, -0.25) is 0 Å². The molecule has 0 unspecified atom stereocenters. The molecule has 0 aromatic heterocycles. The smallest absolute Gasteiger partial charge is 0.459 e. The van der Waals surface area contributed by atoms with Crippen molar-refractivity contribution in [2.45, 2.75) is 0 Å². The predicted octanol–water partition coefficient (Wildman–Crippen LogP) is -0.117. The Hall–Kier alpha value is 1.07. The number of rotatable bonds is 0. The quantitative estimate of drug-likeness (QED) is 0.340. The molecule has 0 heterocycles. The second-order valence-electron chi connectivity index (χ2n) is 0.217. The van der Waals surface area contributed by atoms with Gasteiger partial charge in [0.2, 0.25) is 0 Å². The van der Waals surface area contributed by atoms with E-state index in [-0.39, 0.29) is 22.4 Å². The first-order valence-corrected chi connectivity index (χ1v) is 2.55. The summed E-state index contributed by atoms with van der Waals surface area (Å²) in [7, 11) is -2.03. The van der Waals surface area contributed by atoms with Gasteiger partial charge in [-0.25, -0.2) is 11.2 Å². The van der Waals surface area contributed by atoms with Gasteiger partial charge in [0, 0.05) is 0 Å². The molecule has 5 heteroatoms. The second-order valence-corrected chi connectivity index (χ2v) is 1.51. The standard InChI is InChI=1S/Ag.HO2S2/c;1-4(2)3/h;(H,1,2,3)/q+1;-1. The van der Waals surface area contributed by atoms with Crippen molar-refractivity contribution in [1.82, 2.24) is 0 Å². The van der Waals surface area contributed by atoms with Gasteiger partial charge in [0.1, 0.15) is 0 Å². The van der Waals surface area contributed by atoms with E-state index in [0.717, 1.165) is 0 Å². The molecule has 0 fully saturated rings. The topological polar surface area (TPSA) is 37.3 Å². The van der Waals surface area contributed by atoms with Gasteiger partial charge in [-0.2, -0.15) is 0 Å². The van der Waals surface area contributed by atoms with Gasteiger partial charge in [0.25, 0.3) is 0 Å². The minimum atomic E-state index is -2.03. The molecule has 0 aromatic carbocycles. The zero-order valence-electron chi connectivity index (χ0n) is 1.97. The SMILES string of the molecule is O=[S-](O)=S.[Ag+]. The molecule has 0 radical (unpaired) electrons. The molecule has 0 bridgehead atoms. The summed E-state index contributed by atoms with van der Waals surface area (Å²) in [6.45, 7) is 0. The molecule has 0 aromatic rings. The summed E-state index contributed by atoms with van der Waals surface area (Å²) < 4.78 is 16.3. The molecule has 0 aliphatic rings. The van der Waals surface area contributed by atoms with E-state index in [2.05, 4.69) is 11.2 Å². The van der Waals surface area contributed by atoms with Crippen molar-refractivity contribution >= 4 is 20.8 Å². The monoisotopic (exact) mass is 204 g/mol. The predicted molar refractivity (Wildman–Crippen MR) is 18.0 cm³/mol. The Bertz CT molecular complexity index is 56.0. The minimum absolute atomic E-state index is 0. The fraction of sp³-hybridized carbons (Fsp3) is 0. The zero-order chi connectivity index (χ0) is 3.58. The van der Waals surface area contributed by atoms with Crippen LogP contribution in [0, 0.1) is 0 Å². The zero-order valence-corrected chi connectivity index (χ0v) is 5.09. The van der Waals surface area contributed by atoms with E-state index >= 15 is 0 Å². The van der Waals surface area contributed by atoms with Gasteiger partial charge in [-0.15, -0.1) is 0 Å². The van der Waals surface area contributed by atoms with Crippen molar-refractivity contribution in [2.75, 3.05) is 0 Å². The third kappa shape index (κ3) is 41.7. The van der Waals surface area contributed by atoms with Gasteiger partial charge in [0.05, 0.1) is 0 Å². The first-order valence-electron chi connectivity index (χ1n) is 0.516. The third-order valence-corrected chi connectivity index (χ3v) is 0. The van der Waals surface area contributed by atoms with E-state index < -0.39 is 9.64 Å². The second kappa shape index (κ2) is 5.07. The average molecular weight is 205 g/mol. The molecule has 0 rings (SSSR count). The first-order chi connectivity index (χ1) is 1.73. The van der Waals surface area contributed by atoms with Crippen LogP contribution in [0.2, 0.25) is 0 Å². The maximum Gasteiger partial charge on any atom is 1.00 e. The van der Waals surface area contributed by atoms with E-state index in [1.54, 1.807) is 0 Å². The molecule has 0 aliphatic heterocycles. The molecule has 2 nitrogen and oxygen atoms in total. The summed E-state index contributed by atoms with van der Waals surface area (Å²) in [6.07, 6.45) is 0. The maximum absolute atomic E-state index is 8.93.